The first-order valence-corrected chi connectivity index (χ1v) is 11.1. The first-order chi connectivity index (χ1) is 15.3. The largest absolute Gasteiger partial charge is 0.490 e. The highest BCUT2D eigenvalue weighted by atomic mass is 127. The topological polar surface area (TPSA) is 84.9 Å². The summed E-state index contributed by atoms with van der Waals surface area (Å²) in [5.41, 5.74) is 1.35. The lowest BCUT2D eigenvalue weighted by Gasteiger charge is -2.25. The molecule has 7 nitrogen and oxygen atoms in total. The van der Waals surface area contributed by atoms with Crippen LogP contribution in [0.5, 0.6) is 11.5 Å². The molecule has 3 rings (SSSR count). The molecule has 0 radical (unpaired) electrons. The monoisotopic (exact) mass is 566 g/mol. The van der Waals surface area contributed by atoms with Gasteiger partial charge in [0.1, 0.15) is 12.2 Å². The van der Waals surface area contributed by atoms with E-state index in [9.17, 15) is 14.4 Å². The number of imide groups is 2. The van der Waals surface area contributed by atoms with Crippen LogP contribution in [-0.4, -0.2) is 35.9 Å². The molecule has 1 aliphatic heterocycles. The number of ether oxygens (including phenoxy) is 2. The Morgan fingerprint density at radius 2 is 1.88 bits per heavy atom. The van der Waals surface area contributed by atoms with Gasteiger partial charge in [-0.05, 0) is 71.0 Å². The third kappa shape index (κ3) is 5.49. The Kier molecular flexibility index (Phi) is 7.92. The van der Waals surface area contributed by atoms with Crippen molar-refractivity contribution in [3.8, 4) is 11.5 Å². The van der Waals surface area contributed by atoms with E-state index in [1.807, 2.05) is 19.1 Å². The molecule has 1 saturated heterocycles. The molecule has 0 saturated carbocycles. The van der Waals surface area contributed by atoms with Crippen LogP contribution in [0.2, 0.25) is 5.02 Å². The number of rotatable bonds is 8. The molecule has 0 atom stereocenters. The Labute approximate surface area is 204 Å². The molecule has 0 aromatic heterocycles. The molecule has 2 aromatic rings. The number of carbonyl (C=O) groups is 3. The lowest BCUT2D eigenvalue weighted by atomic mass is 10.1. The summed E-state index contributed by atoms with van der Waals surface area (Å²) in [7, 11) is 0. The predicted molar refractivity (Wildman–Crippen MR) is 130 cm³/mol. The zero-order valence-corrected chi connectivity index (χ0v) is 20.1. The van der Waals surface area contributed by atoms with E-state index in [-0.39, 0.29) is 12.1 Å². The third-order valence-electron chi connectivity index (χ3n) is 4.44. The van der Waals surface area contributed by atoms with E-state index in [4.69, 9.17) is 21.1 Å². The van der Waals surface area contributed by atoms with E-state index in [1.54, 1.807) is 24.3 Å². The van der Waals surface area contributed by atoms with Gasteiger partial charge in [0.25, 0.3) is 11.8 Å². The Morgan fingerprint density at radius 1 is 1.16 bits per heavy atom. The zero-order valence-electron chi connectivity index (χ0n) is 17.2. The molecule has 4 amide bonds. The Bertz CT molecular complexity index is 1100. The predicted octanol–water partition coefficient (Wildman–Crippen LogP) is 4.57. The second-order valence-corrected chi connectivity index (χ2v) is 8.30. The number of barbiturate groups is 1. The van der Waals surface area contributed by atoms with Crippen molar-refractivity contribution in [2.45, 2.75) is 13.5 Å². The van der Waals surface area contributed by atoms with Crippen LogP contribution < -0.4 is 14.8 Å². The summed E-state index contributed by atoms with van der Waals surface area (Å²) in [4.78, 5) is 37.7. The smallest absolute Gasteiger partial charge is 0.331 e. The Hall–Kier alpha value is -2.85. The fraction of sp³-hybridized carbons (Fsp3) is 0.174. The van der Waals surface area contributed by atoms with Crippen molar-refractivity contribution in [3.63, 3.8) is 0 Å². The maximum Gasteiger partial charge on any atom is 0.331 e. The number of carbonyl (C=O) groups excluding carboxylic acids is 3. The highest BCUT2D eigenvalue weighted by Gasteiger charge is 2.35. The standard InChI is InChI=1S/C23H20ClIN2O5/c1-3-9-27-22(29)17(21(28)26-23(27)30)10-15-11-18(25)20(19(12-15)31-4-2)32-13-14-5-7-16(24)8-6-14/h3,5-8,10-12H,1,4,9,13H2,2H3,(H,26,28,30)/b17-10-. The lowest BCUT2D eigenvalue weighted by molar-refractivity contribution is -0.129. The Morgan fingerprint density at radius 3 is 2.53 bits per heavy atom. The second-order valence-electron chi connectivity index (χ2n) is 6.70. The van der Waals surface area contributed by atoms with Crippen molar-refractivity contribution in [1.29, 1.82) is 0 Å². The average molecular weight is 567 g/mol. The van der Waals surface area contributed by atoms with Gasteiger partial charge in [0.2, 0.25) is 0 Å². The summed E-state index contributed by atoms with van der Waals surface area (Å²) in [6.45, 7) is 6.08. The van der Waals surface area contributed by atoms with Gasteiger partial charge < -0.3 is 9.47 Å². The third-order valence-corrected chi connectivity index (χ3v) is 5.49. The van der Waals surface area contributed by atoms with Crippen LogP contribution in [0.1, 0.15) is 18.1 Å². The lowest BCUT2D eigenvalue weighted by Crippen LogP contribution is -2.54. The molecular weight excluding hydrogens is 547 g/mol. The van der Waals surface area contributed by atoms with Crippen molar-refractivity contribution < 1.29 is 23.9 Å². The minimum absolute atomic E-state index is 0.00546. The fourth-order valence-electron chi connectivity index (χ4n) is 2.97. The number of amides is 4. The minimum Gasteiger partial charge on any atom is -0.490 e. The van der Waals surface area contributed by atoms with Gasteiger partial charge >= 0.3 is 6.03 Å². The van der Waals surface area contributed by atoms with Gasteiger partial charge in [-0.2, -0.15) is 0 Å². The van der Waals surface area contributed by atoms with Crippen molar-refractivity contribution >= 4 is 58.1 Å². The summed E-state index contributed by atoms with van der Waals surface area (Å²) < 4.78 is 12.5. The van der Waals surface area contributed by atoms with Crippen molar-refractivity contribution in [3.05, 3.63) is 74.3 Å². The maximum absolute atomic E-state index is 12.6. The number of hydrogen-bond acceptors (Lipinski definition) is 5. The zero-order chi connectivity index (χ0) is 23.3. The molecule has 1 heterocycles. The van der Waals surface area contributed by atoms with Crippen molar-refractivity contribution in [2.75, 3.05) is 13.2 Å². The molecule has 1 N–H and O–H groups in total. The number of nitrogens with zero attached hydrogens (tertiary/aromatic N) is 1. The van der Waals surface area contributed by atoms with Crippen LogP contribution in [0.15, 0.2) is 54.6 Å². The summed E-state index contributed by atoms with van der Waals surface area (Å²) in [6.07, 6.45) is 2.84. The number of urea groups is 1. The van der Waals surface area contributed by atoms with Crippen LogP contribution in [0.25, 0.3) is 6.08 Å². The van der Waals surface area contributed by atoms with Crippen LogP contribution in [-0.2, 0) is 16.2 Å². The van der Waals surface area contributed by atoms with Crippen molar-refractivity contribution in [1.82, 2.24) is 10.2 Å². The van der Waals surface area contributed by atoms with Crippen LogP contribution in [0.4, 0.5) is 4.79 Å². The van der Waals surface area contributed by atoms with Crippen LogP contribution in [0.3, 0.4) is 0 Å². The van der Waals surface area contributed by atoms with Gasteiger partial charge in [-0.25, -0.2) is 4.79 Å². The van der Waals surface area contributed by atoms with Gasteiger partial charge in [-0.3, -0.25) is 19.8 Å². The molecule has 1 fully saturated rings. The van der Waals surface area contributed by atoms with Gasteiger partial charge in [-0.1, -0.05) is 29.8 Å². The van der Waals surface area contributed by atoms with Crippen LogP contribution in [0, 0.1) is 3.57 Å². The van der Waals surface area contributed by atoms with E-state index in [1.165, 1.54) is 12.2 Å². The van der Waals surface area contributed by atoms with E-state index >= 15 is 0 Å². The first-order valence-electron chi connectivity index (χ1n) is 9.67. The molecule has 9 heteroatoms. The highest BCUT2D eigenvalue weighted by molar-refractivity contribution is 14.1. The molecule has 0 spiro atoms. The Balaban J connectivity index is 1.91. The molecular formula is C23H20ClIN2O5. The SMILES string of the molecule is C=CCN1C(=O)NC(=O)/C(=C/c2cc(I)c(OCc3ccc(Cl)cc3)c(OCC)c2)C1=O. The summed E-state index contributed by atoms with van der Waals surface area (Å²) in [5, 5.41) is 2.81. The molecule has 0 bridgehead atoms. The van der Waals surface area contributed by atoms with E-state index < -0.39 is 17.8 Å². The molecule has 32 heavy (non-hydrogen) atoms. The number of halogens is 2. The van der Waals surface area contributed by atoms with Crippen LogP contribution >= 0.6 is 34.2 Å². The minimum atomic E-state index is -0.771. The number of benzene rings is 2. The molecule has 1 aliphatic rings. The highest BCUT2D eigenvalue weighted by Crippen LogP contribution is 2.36. The summed E-state index contributed by atoms with van der Waals surface area (Å²) >= 11 is 8.03. The van der Waals surface area contributed by atoms with Gasteiger partial charge in [0.15, 0.2) is 11.5 Å². The van der Waals surface area contributed by atoms with Gasteiger partial charge in [0.05, 0.1) is 10.2 Å². The normalized spacial score (nSPS) is 15.0. The molecule has 0 unspecified atom stereocenters. The fourth-order valence-corrected chi connectivity index (χ4v) is 3.87. The van der Waals surface area contributed by atoms with E-state index in [0.717, 1.165) is 14.0 Å². The van der Waals surface area contributed by atoms with Gasteiger partial charge in [0, 0.05) is 11.6 Å². The van der Waals surface area contributed by atoms with Crippen molar-refractivity contribution in [2.24, 2.45) is 0 Å². The first kappa shape index (κ1) is 23.8. The van der Waals surface area contributed by atoms with E-state index in [0.29, 0.717) is 35.3 Å². The van der Waals surface area contributed by atoms with E-state index in [2.05, 4.69) is 34.5 Å². The second kappa shape index (κ2) is 10.6. The maximum atomic E-state index is 12.6. The molecule has 2 aromatic carbocycles. The molecule has 166 valence electrons. The number of nitrogens with one attached hydrogen (secondary N) is 1. The van der Waals surface area contributed by atoms with Gasteiger partial charge in [-0.15, -0.1) is 6.58 Å². The summed E-state index contributed by atoms with van der Waals surface area (Å²) in [5.74, 6) is -0.415. The number of hydrogen-bond donors (Lipinski definition) is 1. The quantitative estimate of drug-likeness (QED) is 0.219. The average Bonchev–Trinajstić information content (AvgIpc) is 2.75. The molecule has 0 aliphatic carbocycles. The summed E-state index contributed by atoms with van der Waals surface area (Å²) in [6, 6.07) is 10.0.